The molecule has 4 rings (SSSR count). The van der Waals surface area contributed by atoms with E-state index in [1.165, 1.54) is 40.1 Å². The van der Waals surface area contributed by atoms with Crippen molar-refractivity contribution in [3.05, 3.63) is 82.3 Å². The number of methoxy groups -OCH3 is 5. The Morgan fingerprint density at radius 2 is 1.51 bits per heavy atom. The van der Waals surface area contributed by atoms with Crippen molar-refractivity contribution in [1.82, 2.24) is 4.57 Å². The fourth-order valence-corrected chi connectivity index (χ4v) is 4.48. The summed E-state index contributed by atoms with van der Waals surface area (Å²) in [6.45, 7) is 0.667. The first kappa shape index (κ1) is 27.5. The molecule has 0 N–H and O–H groups in total. The molecule has 9 heteroatoms. The second-order valence-electron chi connectivity index (χ2n) is 8.56. The second kappa shape index (κ2) is 12.4. The number of pyridine rings is 1. The lowest BCUT2D eigenvalue weighted by molar-refractivity contribution is 0.0585. The number of fused-ring (bicyclic) bond motifs is 1. The van der Waals surface area contributed by atoms with Crippen LogP contribution in [-0.2, 0) is 22.6 Å². The van der Waals surface area contributed by atoms with Crippen LogP contribution in [0.2, 0.25) is 0 Å². The number of benzene rings is 3. The number of aromatic nitrogens is 1. The van der Waals surface area contributed by atoms with Crippen molar-refractivity contribution in [2.45, 2.75) is 13.2 Å². The molecule has 0 saturated heterocycles. The van der Waals surface area contributed by atoms with Gasteiger partial charge in [-0.1, -0.05) is 30.3 Å². The molecule has 0 amide bonds. The van der Waals surface area contributed by atoms with Crippen LogP contribution in [0.15, 0.2) is 65.5 Å². The van der Waals surface area contributed by atoms with E-state index in [1.807, 2.05) is 30.3 Å². The van der Waals surface area contributed by atoms with Gasteiger partial charge in [-0.3, -0.25) is 9.36 Å². The lowest BCUT2D eigenvalue weighted by atomic mass is 9.95. The van der Waals surface area contributed by atoms with Crippen molar-refractivity contribution in [1.29, 1.82) is 0 Å². The minimum Gasteiger partial charge on any atom is -0.493 e. The van der Waals surface area contributed by atoms with Gasteiger partial charge in [-0.05, 0) is 46.8 Å². The van der Waals surface area contributed by atoms with E-state index >= 15 is 0 Å². The molecule has 0 spiro atoms. The van der Waals surface area contributed by atoms with Crippen molar-refractivity contribution >= 4 is 16.7 Å². The standard InChI is InChI=1S/C30H31NO8/c1-34-14-13-31-27(30(33)38-5)26(20-15-24(35-2)28(37-4)25(16-20)36-3)22-12-11-21(17-23(22)29(31)32)39-18-19-9-7-6-8-10-19/h6-12,15-17H,13-14,18H2,1-5H3. The minimum absolute atomic E-state index is 0.0827. The predicted octanol–water partition coefficient (Wildman–Crippen LogP) is 4.71. The van der Waals surface area contributed by atoms with Gasteiger partial charge >= 0.3 is 5.97 Å². The molecule has 0 aliphatic rings. The molecule has 9 nitrogen and oxygen atoms in total. The van der Waals surface area contributed by atoms with E-state index in [2.05, 4.69) is 0 Å². The third-order valence-electron chi connectivity index (χ3n) is 6.34. The molecule has 1 aromatic heterocycles. The Labute approximate surface area is 226 Å². The summed E-state index contributed by atoms with van der Waals surface area (Å²) in [5.74, 6) is 1.04. The third kappa shape index (κ3) is 5.53. The van der Waals surface area contributed by atoms with Gasteiger partial charge in [0.05, 0.1) is 40.4 Å². The maximum Gasteiger partial charge on any atom is 0.355 e. The van der Waals surface area contributed by atoms with Gasteiger partial charge in [0.15, 0.2) is 11.5 Å². The van der Waals surface area contributed by atoms with E-state index in [1.54, 1.807) is 30.3 Å². The Kier molecular flexibility index (Phi) is 8.73. The summed E-state index contributed by atoms with van der Waals surface area (Å²) in [6.07, 6.45) is 0. The van der Waals surface area contributed by atoms with E-state index in [-0.39, 0.29) is 24.4 Å². The van der Waals surface area contributed by atoms with E-state index in [0.29, 0.717) is 51.5 Å². The van der Waals surface area contributed by atoms with Crippen molar-refractivity contribution in [2.75, 3.05) is 42.2 Å². The molecule has 0 radical (unpaired) electrons. The predicted molar refractivity (Wildman–Crippen MR) is 147 cm³/mol. The van der Waals surface area contributed by atoms with Gasteiger partial charge in [-0.2, -0.15) is 0 Å². The number of ether oxygens (including phenoxy) is 6. The van der Waals surface area contributed by atoms with Gasteiger partial charge in [0.2, 0.25) is 5.75 Å². The van der Waals surface area contributed by atoms with Gasteiger partial charge < -0.3 is 28.4 Å². The Bertz CT molecular complexity index is 1500. The Hall–Kier alpha value is -4.50. The Balaban J connectivity index is 2.01. The Morgan fingerprint density at radius 3 is 2.10 bits per heavy atom. The van der Waals surface area contributed by atoms with Crippen molar-refractivity contribution < 1.29 is 33.2 Å². The number of carbonyl (C=O) groups is 1. The highest BCUT2D eigenvalue weighted by Gasteiger charge is 2.26. The summed E-state index contributed by atoms with van der Waals surface area (Å²) >= 11 is 0. The monoisotopic (exact) mass is 533 g/mol. The molecule has 0 unspecified atom stereocenters. The van der Waals surface area contributed by atoms with Crippen LogP contribution in [0.5, 0.6) is 23.0 Å². The first-order chi connectivity index (χ1) is 19.0. The summed E-state index contributed by atoms with van der Waals surface area (Å²) in [6, 6.07) is 18.4. The summed E-state index contributed by atoms with van der Waals surface area (Å²) in [5.41, 5.74) is 1.75. The van der Waals surface area contributed by atoms with Crippen molar-refractivity contribution in [3.63, 3.8) is 0 Å². The molecular formula is C30H31NO8. The van der Waals surface area contributed by atoms with E-state index in [4.69, 9.17) is 28.4 Å². The fourth-order valence-electron chi connectivity index (χ4n) is 4.48. The van der Waals surface area contributed by atoms with Crippen LogP contribution in [0.1, 0.15) is 16.1 Å². The van der Waals surface area contributed by atoms with Crippen LogP contribution < -0.4 is 24.5 Å². The molecule has 3 aromatic carbocycles. The van der Waals surface area contributed by atoms with Crippen LogP contribution in [0.4, 0.5) is 0 Å². The molecule has 4 aromatic rings. The molecule has 0 saturated carbocycles. The van der Waals surface area contributed by atoms with Gasteiger partial charge in [0, 0.05) is 19.2 Å². The molecule has 39 heavy (non-hydrogen) atoms. The zero-order chi connectivity index (χ0) is 27.9. The average molecular weight is 534 g/mol. The normalized spacial score (nSPS) is 10.8. The van der Waals surface area contributed by atoms with Crippen LogP contribution in [0, 0.1) is 0 Å². The largest absolute Gasteiger partial charge is 0.493 e. The van der Waals surface area contributed by atoms with Gasteiger partial charge in [0.1, 0.15) is 18.1 Å². The first-order valence-electron chi connectivity index (χ1n) is 12.2. The van der Waals surface area contributed by atoms with Crippen LogP contribution in [-0.4, -0.2) is 52.7 Å². The molecule has 0 atom stereocenters. The van der Waals surface area contributed by atoms with Crippen LogP contribution >= 0.6 is 0 Å². The highest BCUT2D eigenvalue weighted by Crippen LogP contribution is 2.43. The number of hydrogen-bond acceptors (Lipinski definition) is 8. The average Bonchev–Trinajstić information content (AvgIpc) is 2.98. The van der Waals surface area contributed by atoms with E-state index in [0.717, 1.165) is 5.56 Å². The quantitative estimate of drug-likeness (QED) is 0.256. The molecular weight excluding hydrogens is 502 g/mol. The molecule has 1 heterocycles. The lowest BCUT2D eigenvalue weighted by Crippen LogP contribution is -2.29. The summed E-state index contributed by atoms with van der Waals surface area (Å²) < 4.78 is 34.4. The van der Waals surface area contributed by atoms with E-state index in [9.17, 15) is 9.59 Å². The molecule has 0 fully saturated rings. The number of carbonyl (C=O) groups excluding carboxylic acids is 1. The maximum absolute atomic E-state index is 13.8. The van der Waals surface area contributed by atoms with Gasteiger partial charge in [-0.15, -0.1) is 0 Å². The SMILES string of the molecule is COCCn1c(C(=O)OC)c(-c2cc(OC)c(OC)c(OC)c2)c2ccc(OCc3ccccc3)cc2c1=O. The summed E-state index contributed by atoms with van der Waals surface area (Å²) in [5, 5.41) is 0.906. The third-order valence-corrected chi connectivity index (χ3v) is 6.34. The number of rotatable bonds is 11. The van der Waals surface area contributed by atoms with Gasteiger partial charge in [0.25, 0.3) is 5.56 Å². The Morgan fingerprint density at radius 1 is 0.821 bits per heavy atom. The molecule has 0 aliphatic carbocycles. The zero-order valence-electron chi connectivity index (χ0n) is 22.6. The zero-order valence-corrected chi connectivity index (χ0v) is 22.6. The number of nitrogens with zero attached hydrogens (tertiary/aromatic N) is 1. The molecule has 204 valence electrons. The van der Waals surface area contributed by atoms with Crippen LogP contribution in [0.25, 0.3) is 21.9 Å². The molecule has 0 aliphatic heterocycles. The lowest BCUT2D eigenvalue weighted by Gasteiger charge is -2.20. The second-order valence-corrected chi connectivity index (χ2v) is 8.56. The maximum atomic E-state index is 13.8. The van der Waals surface area contributed by atoms with Crippen molar-refractivity contribution in [2.24, 2.45) is 0 Å². The molecule has 0 bridgehead atoms. The highest BCUT2D eigenvalue weighted by atomic mass is 16.5. The summed E-state index contributed by atoms with van der Waals surface area (Å²) in [7, 11) is 7.33. The van der Waals surface area contributed by atoms with Gasteiger partial charge in [-0.25, -0.2) is 4.79 Å². The fraction of sp³-hybridized carbons (Fsp3) is 0.267. The number of esters is 1. The minimum atomic E-state index is -0.668. The summed E-state index contributed by atoms with van der Waals surface area (Å²) in [4.78, 5) is 27.0. The van der Waals surface area contributed by atoms with E-state index < -0.39 is 5.97 Å². The first-order valence-corrected chi connectivity index (χ1v) is 12.2. The number of hydrogen-bond donors (Lipinski definition) is 0. The smallest absolute Gasteiger partial charge is 0.355 e. The van der Waals surface area contributed by atoms with Crippen molar-refractivity contribution in [3.8, 4) is 34.1 Å². The topological polar surface area (TPSA) is 94.5 Å². The van der Waals surface area contributed by atoms with Crippen LogP contribution in [0.3, 0.4) is 0 Å². The highest BCUT2D eigenvalue weighted by molar-refractivity contribution is 6.07.